The molecule has 0 radical (unpaired) electrons. The third-order valence-electron chi connectivity index (χ3n) is 5.96. The summed E-state index contributed by atoms with van der Waals surface area (Å²) in [5.41, 5.74) is 3.76. The van der Waals surface area contributed by atoms with Gasteiger partial charge < -0.3 is 4.74 Å². The maximum absolute atomic E-state index is 13.0. The summed E-state index contributed by atoms with van der Waals surface area (Å²) in [6, 6.07) is 4.08. The lowest BCUT2D eigenvalue weighted by atomic mass is 9.68. The molecule has 0 N–H and O–H groups in total. The average Bonchev–Trinajstić information content (AvgIpc) is 2.56. The Kier molecular flexibility index (Phi) is 4.15. The van der Waals surface area contributed by atoms with Gasteiger partial charge in [-0.1, -0.05) is 39.8 Å². The minimum atomic E-state index is -0.425. The van der Waals surface area contributed by atoms with E-state index in [1.54, 1.807) is 7.11 Å². The van der Waals surface area contributed by atoms with Crippen molar-refractivity contribution in [3.8, 4) is 0 Å². The van der Waals surface area contributed by atoms with Gasteiger partial charge in [0.05, 0.1) is 12.7 Å². The van der Waals surface area contributed by atoms with Crippen LogP contribution < -0.4 is 0 Å². The number of Topliss-reactive ketones (excluding diaryl/α,β-unsaturated/α-hetero) is 2. The van der Waals surface area contributed by atoms with E-state index in [9.17, 15) is 9.59 Å². The van der Waals surface area contributed by atoms with Crippen LogP contribution in [-0.2, 0) is 22.4 Å². The first-order valence-electron chi connectivity index (χ1n) is 8.83. The predicted octanol–water partition coefficient (Wildman–Crippen LogP) is 4.37. The number of hydrogen-bond acceptors (Lipinski definition) is 3. The van der Waals surface area contributed by atoms with Gasteiger partial charge in [-0.05, 0) is 48.1 Å². The smallest absolute Gasteiger partial charge is 0.234 e. The molecule has 0 aromatic heterocycles. The molecule has 1 aromatic carbocycles. The van der Waals surface area contributed by atoms with E-state index in [4.69, 9.17) is 4.74 Å². The average molecular weight is 326 g/mol. The van der Waals surface area contributed by atoms with E-state index in [0.717, 1.165) is 36.8 Å². The molecule has 3 nitrogen and oxygen atoms in total. The summed E-state index contributed by atoms with van der Waals surface area (Å²) >= 11 is 0. The fourth-order valence-electron chi connectivity index (χ4n) is 3.83. The number of fused-ring (bicyclic) bond motifs is 3. The van der Waals surface area contributed by atoms with Crippen LogP contribution in [0.25, 0.3) is 5.76 Å². The minimum Gasteiger partial charge on any atom is -0.496 e. The molecule has 0 fully saturated rings. The molecule has 0 bridgehead atoms. The van der Waals surface area contributed by atoms with Crippen LogP contribution in [0.3, 0.4) is 0 Å². The second-order valence-corrected chi connectivity index (χ2v) is 7.78. The van der Waals surface area contributed by atoms with E-state index in [-0.39, 0.29) is 11.7 Å². The van der Waals surface area contributed by atoms with Crippen molar-refractivity contribution in [3.05, 3.63) is 40.0 Å². The first-order valence-corrected chi connectivity index (χ1v) is 8.83. The van der Waals surface area contributed by atoms with Crippen molar-refractivity contribution in [1.29, 1.82) is 0 Å². The maximum Gasteiger partial charge on any atom is 0.234 e. The van der Waals surface area contributed by atoms with Gasteiger partial charge in [-0.2, -0.15) is 0 Å². The molecular formula is C21H26O3. The minimum absolute atomic E-state index is 0.216. The molecule has 0 aliphatic heterocycles. The van der Waals surface area contributed by atoms with Crippen LogP contribution in [0.1, 0.15) is 67.6 Å². The van der Waals surface area contributed by atoms with Gasteiger partial charge in [0.25, 0.3) is 0 Å². The van der Waals surface area contributed by atoms with Gasteiger partial charge in [0.15, 0.2) is 0 Å². The second kappa shape index (κ2) is 5.87. The van der Waals surface area contributed by atoms with Crippen molar-refractivity contribution < 1.29 is 14.3 Å². The summed E-state index contributed by atoms with van der Waals surface area (Å²) in [5.74, 6) is 0.0561. The molecular weight excluding hydrogens is 300 g/mol. The van der Waals surface area contributed by atoms with Gasteiger partial charge in [-0.25, -0.2) is 0 Å². The molecule has 2 aliphatic rings. The van der Waals surface area contributed by atoms with Gasteiger partial charge in [-0.15, -0.1) is 0 Å². The van der Waals surface area contributed by atoms with Gasteiger partial charge in [0.1, 0.15) is 5.76 Å². The largest absolute Gasteiger partial charge is 0.496 e. The molecule has 3 heteroatoms. The number of carbonyl (C=O) groups is 2. The third-order valence-corrected chi connectivity index (χ3v) is 5.96. The Morgan fingerprint density at radius 1 is 1.04 bits per heavy atom. The fraction of sp³-hybridized carbons (Fsp3) is 0.524. The van der Waals surface area contributed by atoms with Gasteiger partial charge >= 0.3 is 0 Å². The first-order chi connectivity index (χ1) is 11.3. The zero-order chi connectivity index (χ0) is 17.6. The lowest BCUT2D eigenvalue weighted by Gasteiger charge is -2.35. The second-order valence-electron chi connectivity index (χ2n) is 7.78. The lowest BCUT2D eigenvalue weighted by molar-refractivity contribution is -0.113. The van der Waals surface area contributed by atoms with Crippen LogP contribution >= 0.6 is 0 Å². The number of carbonyl (C=O) groups excluding carboxylic acids is 2. The zero-order valence-corrected chi connectivity index (χ0v) is 15.3. The number of rotatable bonds is 3. The number of ketones is 2. The molecule has 0 spiro atoms. The number of hydrogen-bond donors (Lipinski definition) is 0. The molecule has 0 atom stereocenters. The van der Waals surface area contributed by atoms with Crippen molar-refractivity contribution in [2.75, 3.05) is 7.11 Å². The number of ether oxygens (including phenoxy) is 1. The highest BCUT2D eigenvalue weighted by Crippen LogP contribution is 2.45. The topological polar surface area (TPSA) is 43.4 Å². The van der Waals surface area contributed by atoms with Crippen molar-refractivity contribution in [2.45, 2.75) is 53.4 Å². The fourth-order valence-corrected chi connectivity index (χ4v) is 3.83. The molecule has 128 valence electrons. The van der Waals surface area contributed by atoms with Gasteiger partial charge in [-0.3, -0.25) is 9.59 Å². The molecule has 0 unspecified atom stereocenters. The molecule has 2 aliphatic carbocycles. The Hall–Kier alpha value is -1.90. The zero-order valence-electron chi connectivity index (χ0n) is 15.3. The number of methoxy groups -OCH3 is 1. The van der Waals surface area contributed by atoms with Crippen LogP contribution in [0.15, 0.2) is 17.7 Å². The van der Waals surface area contributed by atoms with Crippen LogP contribution in [0.2, 0.25) is 0 Å². The third kappa shape index (κ3) is 2.33. The van der Waals surface area contributed by atoms with Crippen molar-refractivity contribution in [2.24, 2.45) is 11.3 Å². The van der Waals surface area contributed by atoms with Crippen LogP contribution in [0, 0.1) is 11.3 Å². The van der Waals surface area contributed by atoms with Crippen molar-refractivity contribution >= 4 is 17.3 Å². The summed E-state index contributed by atoms with van der Waals surface area (Å²) in [7, 11) is 1.60. The summed E-state index contributed by atoms with van der Waals surface area (Å²) in [6.07, 6.45) is 4.08. The Labute approximate surface area is 144 Å². The Balaban J connectivity index is 2.32. The Morgan fingerprint density at radius 2 is 1.71 bits per heavy atom. The highest BCUT2D eigenvalue weighted by Gasteiger charge is 2.43. The number of benzene rings is 1. The molecule has 24 heavy (non-hydrogen) atoms. The SMILES string of the molecule is COC1=C(C(C)(C)C(C)C)C(=O)C(=O)c2c1ccc1c2CCCC1. The molecule has 3 rings (SSSR count). The van der Waals surface area contributed by atoms with E-state index in [1.165, 1.54) is 5.56 Å². The van der Waals surface area contributed by atoms with Crippen molar-refractivity contribution in [1.82, 2.24) is 0 Å². The predicted molar refractivity (Wildman–Crippen MR) is 95.0 cm³/mol. The normalized spacial score (nSPS) is 17.9. The van der Waals surface area contributed by atoms with E-state index >= 15 is 0 Å². The summed E-state index contributed by atoms with van der Waals surface area (Å²) in [4.78, 5) is 26.0. The Bertz CT molecular complexity index is 751. The standard InChI is InChI=1S/C21H26O3/c1-12(2)21(3,4)17-19(23)18(22)16-14-9-7-6-8-13(14)10-11-15(16)20(17)24-5/h10-12H,6-9H2,1-5H3. The van der Waals surface area contributed by atoms with E-state index in [0.29, 0.717) is 16.9 Å². The summed E-state index contributed by atoms with van der Waals surface area (Å²) in [6.45, 7) is 8.17. The number of allylic oxidation sites excluding steroid dienone is 1. The van der Waals surface area contributed by atoms with Crippen LogP contribution in [0.4, 0.5) is 0 Å². The summed E-state index contributed by atoms with van der Waals surface area (Å²) < 4.78 is 5.68. The highest BCUT2D eigenvalue weighted by molar-refractivity contribution is 6.52. The molecule has 0 saturated carbocycles. The first kappa shape index (κ1) is 16.9. The van der Waals surface area contributed by atoms with Gasteiger partial charge in [0.2, 0.25) is 11.6 Å². The summed E-state index contributed by atoms with van der Waals surface area (Å²) in [5, 5.41) is 0. The van der Waals surface area contributed by atoms with Crippen LogP contribution in [-0.4, -0.2) is 18.7 Å². The molecule has 1 aromatic rings. The van der Waals surface area contributed by atoms with Crippen molar-refractivity contribution in [3.63, 3.8) is 0 Å². The molecule has 0 saturated heterocycles. The van der Waals surface area contributed by atoms with E-state index in [1.807, 2.05) is 19.9 Å². The highest BCUT2D eigenvalue weighted by atomic mass is 16.5. The van der Waals surface area contributed by atoms with E-state index < -0.39 is 11.2 Å². The Morgan fingerprint density at radius 3 is 2.33 bits per heavy atom. The molecule has 0 amide bonds. The van der Waals surface area contributed by atoms with Crippen LogP contribution in [0.5, 0.6) is 0 Å². The molecule has 0 heterocycles. The van der Waals surface area contributed by atoms with E-state index in [2.05, 4.69) is 19.9 Å². The lowest BCUT2D eigenvalue weighted by Crippen LogP contribution is -2.36. The quantitative estimate of drug-likeness (QED) is 0.775. The number of aryl methyl sites for hydroxylation is 1. The van der Waals surface area contributed by atoms with Gasteiger partial charge in [0, 0.05) is 11.1 Å². The monoisotopic (exact) mass is 326 g/mol. The maximum atomic E-state index is 13.0.